The van der Waals surface area contributed by atoms with Crippen LogP contribution in [0.5, 0.6) is 0 Å². The minimum absolute atomic E-state index is 0.0651. The van der Waals surface area contributed by atoms with Crippen molar-refractivity contribution in [2.24, 2.45) is 0 Å². The van der Waals surface area contributed by atoms with Crippen molar-refractivity contribution in [1.82, 2.24) is 9.55 Å². The second kappa shape index (κ2) is 7.60. The first-order valence-electron chi connectivity index (χ1n) is 6.34. The molecule has 1 heterocycles. The van der Waals surface area contributed by atoms with Gasteiger partial charge in [-0.2, -0.15) is 23.5 Å². The highest BCUT2D eigenvalue weighted by Gasteiger charge is 2.02. The molecule has 0 aliphatic rings. The Morgan fingerprint density at radius 1 is 1.21 bits per heavy atom. The summed E-state index contributed by atoms with van der Waals surface area (Å²) in [7, 11) is 0. The smallest absolute Gasteiger partial charge is 0.261 e. The summed E-state index contributed by atoms with van der Waals surface area (Å²) in [5.74, 6) is 3.34. The van der Waals surface area contributed by atoms with E-state index < -0.39 is 0 Å². The molecule has 0 aliphatic carbocycles. The van der Waals surface area contributed by atoms with E-state index in [1.54, 1.807) is 10.9 Å². The van der Waals surface area contributed by atoms with E-state index in [-0.39, 0.29) is 5.56 Å². The average molecular weight is 294 g/mol. The fraction of sp³-hybridized carbons (Fsp3) is 0.429. The van der Waals surface area contributed by atoms with Crippen LogP contribution in [0, 0.1) is 0 Å². The van der Waals surface area contributed by atoms with Crippen molar-refractivity contribution in [3.63, 3.8) is 0 Å². The van der Waals surface area contributed by atoms with Crippen LogP contribution in [0.4, 0.5) is 0 Å². The van der Waals surface area contributed by atoms with Crippen molar-refractivity contribution in [3.8, 4) is 0 Å². The van der Waals surface area contributed by atoms with Crippen molar-refractivity contribution in [2.75, 3.05) is 23.5 Å². The summed E-state index contributed by atoms with van der Waals surface area (Å²) in [6, 6.07) is 7.50. The molecule has 3 nitrogen and oxygen atoms in total. The second-order valence-corrected chi connectivity index (χ2v) is 6.43. The van der Waals surface area contributed by atoms with Gasteiger partial charge < -0.3 is 0 Å². The zero-order valence-electron chi connectivity index (χ0n) is 11.0. The normalized spacial score (nSPS) is 11.0. The van der Waals surface area contributed by atoms with Gasteiger partial charge in [-0.05, 0) is 36.3 Å². The molecule has 0 radical (unpaired) electrons. The summed E-state index contributed by atoms with van der Waals surface area (Å²) in [5, 5.41) is 0.706. The zero-order valence-corrected chi connectivity index (χ0v) is 12.7. The standard InChI is InChI=1S/C14H18N2OS2/c1-18-8-4-9-19-10-7-16-11-15-13-6-3-2-5-12(13)14(16)17/h2-3,5-6,11H,4,7-10H2,1H3. The van der Waals surface area contributed by atoms with Crippen molar-refractivity contribution < 1.29 is 0 Å². The third-order valence-corrected chi connectivity index (χ3v) is 4.59. The van der Waals surface area contributed by atoms with Gasteiger partial charge in [0.05, 0.1) is 17.2 Å². The number of aromatic nitrogens is 2. The Hall–Kier alpha value is -0.940. The van der Waals surface area contributed by atoms with E-state index in [1.807, 2.05) is 47.8 Å². The molecule has 0 bridgehead atoms. The summed E-state index contributed by atoms with van der Waals surface area (Å²) in [6.07, 6.45) is 5.02. The molecule has 0 unspecified atom stereocenters. The molecule has 0 saturated carbocycles. The molecule has 0 amide bonds. The fourth-order valence-corrected chi connectivity index (χ4v) is 3.33. The lowest BCUT2D eigenvalue weighted by Crippen LogP contribution is -2.21. The average Bonchev–Trinajstić information content (AvgIpc) is 2.45. The second-order valence-electron chi connectivity index (χ2n) is 4.22. The van der Waals surface area contributed by atoms with Crippen LogP contribution in [0.3, 0.4) is 0 Å². The number of aryl methyl sites for hydroxylation is 1. The Morgan fingerprint density at radius 2 is 2.05 bits per heavy atom. The minimum atomic E-state index is 0.0651. The third-order valence-electron chi connectivity index (χ3n) is 2.85. The quantitative estimate of drug-likeness (QED) is 0.736. The van der Waals surface area contributed by atoms with E-state index >= 15 is 0 Å². The molecular weight excluding hydrogens is 276 g/mol. The molecule has 2 aromatic rings. The van der Waals surface area contributed by atoms with E-state index in [0.717, 1.165) is 23.6 Å². The highest BCUT2D eigenvalue weighted by molar-refractivity contribution is 7.99. The Balaban J connectivity index is 1.94. The lowest BCUT2D eigenvalue weighted by Gasteiger charge is -2.06. The maximum atomic E-state index is 12.2. The molecular formula is C14H18N2OS2. The van der Waals surface area contributed by atoms with Crippen molar-refractivity contribution in [2.45, 2.75) is 13.0 Å². The molecule has 0 N–H and O–H groups in total. The van der Waals surface area contributed by atoms with E-state index in [9.17, 15) is 4.79 Å². The maximum Gasteiger partial charge on any atom is 0.261 e. The van der Waals surface area contributed by atoms with Crippen LogP contribution in [-0.2, 0) is 6.54 Å². The highest BCUT2D eigenvalue weighted by atomic mass is 32.2. The Labute approximate surface area is 121 Å². The predicted molar refractivity (Wildman–Crippen MR) is 86.3 cm³/mol. The van der Waals surface area contributed by atoms with Gasteiger partial charge in [-0.3, -0.25) is 9.36 Å². The van der Waals surface area contributed by atoms with Gasteiger partial charge in [-0.15, -0.1) is 0 Å². The van der Waals surface area contributed by atoms with Crippen molar-refractivity contribution in [1.29, 1.82) is 0 Å². The number of nitrogens with zero attached hydrogens (tertiary/aromatic N) is 2. The number of fused-ring (bicyclic) bond motifs is 1. The van der Waals surface area contributed by atoms with Crippen LogP contribution in [0.25, 0.3) is 10.9 Å². The van der Waals surface area contributed by atoms with Gasteiger partial charge in [-0.1, -0.05) is 12.1 Å². The van der Waals surface area contributed by atoms with Crippen LogP contribution in [0.2, 0.25) is 0 Å². The first-order valence-corrected chi connectivity index (χ1v) is 8.88. The van der Waals surface area contributed by atoms with Gasteiger partial charge >= 0.3 is 0 Å². The van der Waals surface area contributed by atoms with Gasteiger partial charge in [0, 0.05) is 12.3 Å². The fourth-order valence-electron chi connectivity index (χ4n) is 1.84. The Morgan fingerprint density at radius 3 is 2.89 bits per heavy atom. The van der Waals surface area contributed by atoms with Gasteiger partial charge in [0.25, 0.3) is 5.56 Å². The Kier molecular flexibility index (Phi) is 5.79. The highest BCUT2D eigenvalue weighted by Crippen LogP contribution is 2.08. The van der Waals surface area contributed by atoms with Crippen LogP contribution >= 0.6 is 23.5 Å². The topological polar surface area (TPSA) is 34.9 Å². The number of benzene rings is 1. The van der Waals surface area contributed by atoms with Crippen LogP contribution < -0.4 is 5.56 Å². The van der Waals surface area contributed by atoms with E-state index in [4.69, 9.17) is 0 Å². The minimum Gasteiger partial charge on any atom is -0.298 e. The summed E-state index contributed by atoms with van der Waals surface area (Å²) < 4.78 is 1.71. The molecule has 0 saturated heterocycles. The van der Waals surface area contributed by atoms with Crippen LogP contribution in [0.15, 0.2) is 35.4 Å². The number of para-hydroxylation sites is 1. The SMILES string of the molecule is CSCCCSCCn1cnc2ccccc2c1=O. The van der Waals surface area contributed by atoms with Crippen molar-refractivity contribution >= 4 is 34.4 Å². The number of rotatable bonds is 7. The summed E-state index contributed by atoms with van der Waals surface area (Å²) in [4.78, 5) is 16.5. The largest absolute Gasteiger partial charge is 0.298 e. The number of hydrogen-bond donors (Lipinski definition) is 0. The lowest BCUT2D eigenvalue weighted by molar-refractivity contribution is 0.725. The first kappa shape index (κ1) is 14.5. The molecule has 0 fully saturated rings. The van der Waals surface area contributed by atoms with E-state index in [2.05, 4.69) is 11.2 Å². The lowest BCUT2D eigenvalue weighted by atomic mass is 10.2. The molecule has 5 heteroatoms. The zero-order chi connectivity index (χ0) is 13.5. The monoisotopic (exact) mass is 294 g/mol. The van der Waals surface area contributed by atoms with E-state index in [0.29, 0.717) is 5.39 Å². The van der Waals surface area contributed by atoms with E-state index in [1.165, 1.54) is 12.2 Å². The molecule has 0 atom stereocenters. The Bertz CT molecular complexity index is 583. The maximum absolute atomic E-state index is 12.2. The summed E-state index contributed by atoms with van der Waals surface area (Å²) in [5.41, 5.74) is 0.840. The molecule has 1 aromatic heterocycles. The molecule has 102 valence electrons. The van der Waals surface area contributed by atoms with Gasteiger partial charge in [0.1, 0.15) is 0 Å². The van der Waals surface area contributed by atoms with Crippen LogP contribution in [-0.4, -0.2) is 33.1 Å². The molecule has 0 aliphatic heterocycles. The van der Waals surface area contributed by atoms with Gasteiger partial charge in [-0.25, -0.2) is 4.98 Å². The summed E-state index contributed by atoms with van der Waals surface area (Å²) >= 11 is 3.78. The predicted octanol–water partition coefficient (Wildman–Crippen LogP) is 2.88. The van der Waals surface area contributed by atoms with Gasteiger partial charge in [0.2, 0.25) is 0 Å². The molecule has 0 spiro atoms. The molecule has 2 rings (SSSR count). The number of thioether (sulfide) groups is 2. The summed E-state index contributed by atoms with van der Waals surface area (Å²) in [6.45, 7) is 0.737. The van der Waals surface area contributed by atoms with Crippen molar-refractivity contribution in [3.05, 3.63) is 40.9 Å². The first-order chi connectivity index (χ1) is 9.33. The molecule has 1 aromatic carbocycles. The van der Waals surface area contributed by atoms with Gasteiger partial charge in [0.15, 0.2) is 0 Å². The third kappa shape index (κ3) is 4.01. The molecule has 19 heavy (non-hydrogen) atoms. The number of hydrogen-bond acceptors (Lipinski definition) is 4. The van der Waals surface area contributed by atoms with Crippen LogP contribution in [0.1, 0.15) is 6.42 Å².